The summed E-state index contributed by atoms with van der Waals surface area (Å²) in [5.74, 6) is -0.359. The van der Waals surface area contributed by atoms with E-state index < -0.39 is 12.6 Å². The van der Waals surface area contributed by atoms with Gasteiger partial charge >= 0.3 is 6.18 Å². The molecule has 0 aliphatic carbocycles. The molecular formula is C16H16F3N5O2S. The number of hydrogen-bond donors (Lipinski definition) is 2. The fourth-order valence-corrected chi connectivity index (χ4v) is 3.52. The van der Waals surface area contributed by atoms with Crippen LogP contribution in [0, 0.1) is 13.8 Å². The van der Waals surface area contributed by atoms with Gasteiger partial charge < -0.3 is 5.32 Å². The van der Waals surface area contributed by atoms with Crippen LogP contribution >= 0.6 is 11.3 Å². The van der Waals surface area contributed by atoms with Crippen LogP contribution in [0.2, 0.25) is 0 Å². The first-order valence-electron chi connectivity index (χ1n) is 8.01. The molecule has 0 fully saturated rings. The van der Waals surface area contributed by atoms with Crippen molar-refractivity contribution in [3.63, 3.8) is 0 Å². The van der Waals surface area contributed by atoms with Gasteiger partial charge in [0, 0.05) is 29.3 Å². The molecule has 0 bridgehead atoms. The molecule has 3 rings (SSSR count). The zero-order valence-electron chi connectivity index (χ0n) is 14.5. The summed E-state index contributed by atoms with van der Waals surface area (Å²) in [4.78, 5) is 31.7. The fourth-order valence-electron chi connectivity index (χ4n) is 2.79. The van der Waals surface area contributed by atoms with Crippen molar-refractivity contribution in [3.8, 4) is 0 Å². The maximum Gasteiger partial charge on any atom is 0.394 e. The maximum absolute atomic E-state index is 12.4. The second-order valence-corrected chi connectivity index (χ2v) is 6.92. The highest BCUT2D eigenvalue weighted by Gasteiger charge is 2.29. The maximum atomic E-state index is 12.4. The number of alkyl halides is 3. The highest BCUT2D eigenvalue weighted by Crippen LogP contribution is 2.24. The summed E-state index contributed by atoms with van der Waals surface area (Å²) in [6, 6.07) is 1.39. The van der Waals surface area contributed by atoms with E-state index in [0.29, 0.717) is 17.8 Å². The quantitative estimate of drug-likeness (QED) is 0.690. The number of carbonyl (C=O) groups excluding carboxylic acids is 1. The van der Waals surface area contributed by atoms with Gasteiger partial charge in [-0.2, -0.15) is 13.2 Å². The zero-order chi connectivity index (χ0) is 19.8. The molecule has 11 heteroatoms. The average molecular weight is 399 g/mol. The van der Waals surface area contributed by atoms with Crippen molar-refractivity contribution in [2.24, 2.45) is 0 Å². The number of anilines is 1. The Kier molecular flexibility index (Phi) is 5.05. The summed E-state index contributed by atoms with van der Waals surface area (Å²) >= 11 is 0.952. The Bertz CT molecular complexity index is 1050. The van der Waals surface area contributed by atoms with E-state index in [1.54, 1.807) is 11.4 Å². The lowest BCUT2D eigenvalue weighted by atomic mass is 10.1. The molecule has 0 spiro atoms. The third-order valence-electron chi connectivity index (χ3n) is 3.98. The van der Waals surface area contributed by atoms with Crippen molar-refractivity contribution in [2.45, 2.75) is 39.3 Å². The van der Waals surface area contributed by atoms with E-state index in [1.165, 1.54) is 11.4 Å². The van der Waals surface area contributed by atoms with Gasteiger partial charge in [-0.15, -0.1) is 11.3 Å². The van der Waals surface area contributed by atoms with E-state index in [2.05, 4.69) is 20.4 Å². The minimum Gasteiger partial charge on any atom is -0.302 e. The van der Waals surface area contributed by atoms with Crippen LogP contribution < -0.4 is 10.9 Å². The molecule has 0 saturated carbocycles. The molecule has 0 unspecified atom stereocenters. The molecule has 2 N–H and O–H groups in total. The molecule has 0 saturated heterocycles. The minimum absolute atomic E-state index is 0.106. The molecule has 0 aliphatic heterocycles. The summed E-state index contributed by atoms with van der Waals surface area (Å²) in [5, 5.41) is 6.57. The second-order valence-electron chi connectivity index (χ2n) is 6.06. The van der Waals surface area contributed by atoms with Gasteiger partial charge in [0.05, 0.1) is 12.1 Å². The van der Waals surface area contributed by atoms with Gasteiger partial charge in [-0.25, -0.2) is 14.5 Å². The summed E-state index contributed by atoms with van der Waals surface area (Å²) in [6.07, 6.45) is -4.99. The van der Waals surface area contributed by atoms with Gasteiger partial charge in [-0.05, 0) is 25.8 Å². The Balaban J connectivity index is 1.66. The third-order valence-corrected chi connectivity index (χ3v) is 4.79. The van der Waals surface area contributed by atoms with Crippen molar-refractivity contribution in [3.05, 3.63) is 44.4 Å². The first-order valence-corrected chi connectivity index (χ1v) is 8.89. The highest BCUT2D eigenvalue weighted by atomic mass is 32.1. The molecule has 3 heterocycles. The normalized spacial score (nSPS) is 11.9. The van der Waals surface area contributed by atoms with Crippen molar-refractivity contribution in [1.29, 1.82) is 0 Å². The predicted octanol–water partition coefficient (Wildman–Crippen LogP) is 2.77. The lowest BCUT2D eigenvalue weighted by Gasteiger charge is -2.11. The average Bonchev–Trinajstić information content (AvgIpc) is 3.11. The third kappa shape index (κ3) is 4.54. The number of rotatable bonds is 5. The van der Waals surface area contributed by atoms with Gasteiger partial charge in [0.2, 0.25) is 5.91 Å². The molecule has 1 amide bonds. The summed E-state index contributed by atoms with van der Waals surface area (Å²) < 4.78 is 38.6. The number of nitrogens with one attached hydrogen (secondary N) is 2. The van der Waals surface area contributed by atoms with E-state index in [0.717, 1.165) is 22.6 Å². The van der Waals surface area contributed by atoms with Crippen LogP contribution in [0.5, 0.6) is 0 Å². The highest BCUT2D eigenvalue weighted by molar-refractivity contribution is 7.13. The van der Waals surface area contributed by atoms with E-state index >= 15 is 0 Å². The zero-order valence-corrected chi connectivity index (χ0v) is 15.3. The Hall–Kier alpha value is -2.69. The van der Waals surface area contributed by atoms with Crippen LogP contribution in [0.4, 0.5) is 18.3 Å². The van der Waals surface area contributed by atoms with Crippen molar-refractivity contribution < 1.29 is 18.0 Å². The number of hydrogen-bond acceptors (Lipinski definition) is 5. The molecule has 3 aromatic rings. The van der Waals surface area contributed by atoms with Crippen molar-refractivity contribution in [1.82, 2.24) is 19.6 Å². The molecule has 0 atom stereocenters. The largest absolute Gasteiger partial charge is 0.394 e. The number of aromatic amines is 1. The number of thiazole rings is 1. The Morgan fingerprint density at radius 1 is 1.33 bits per heavy atom. The topological polar surface area (TPSA) is 92.1 Å². The number of fused-ring (bicyclic) bond motifs is 1. The van der Waals surface area contributed by atoms with Crippen LogP contribution in [0.3, 0.4) is 0 Å². The van der Waals surface area contributed by atoms with Crippen molar-refractivity contribution >= 4 is 28.0 Å². The lowest BCUT2D eigenvalue weighted by Crippen LogP contribution is -2.15. The van der Waals surface area contributed by atoms with E-state index in [9.17, 15) is 22.8 Å². The fraction of sp³-hybridized carbons (Fsp3) is 0.375. The number of halogens is 3. The first-order chi connectivity index (χ1) is 12.6. The second kappa shape index (κ2) is 7.14. The summed E-state index contributed by atoms with van der Waals surface area (Å²) in [7, 11) is 0. The minimum atomic E-state index is -4.34. The van der Waals surface area contributed by atoms with Crippen LogP contribution in [0.25, 0.3) is 5.65 Å². The Morgan fingerprint density at radius 2 is 2.07 bits per heavy atom. The van der Waals surface area contributed by atoms with Crippen LogP contribution in [-0.2, 0) is 17.6 Å². The van der Waals surface area contributed by atoms with E-state index in [-0.39, 0.29) is 28.7 Å². The Morgan fingerprint density at radius 3 is 2.78 bits per heavy atom. The number of aromatic nitrogens is 4. The molecule has 0 aromatic carbocycles. The monoisotopic (exact) mass is 399 g/mol. The van der Waals surface area contributed by atoms with E-state index in [1.807, 2.05) is 6.92 Å². The lowest BCUT2D eigenvalue weighted by molar-refractivity contribution is -0.127. The van der Waals surface area contributed by atoms with Gasteiger partial charge in [-0.1, -0.05) is 0 Å². The molecule has 27 heavy (non-hydrogen) atoms. The summed E-state index contributed by atoms with van der Waals surface area (Å²) in [5.41, 5.74) is 2.42. The molecule has 7 nitrogen and oxygen atoms in total. The molecular weight excluding hydrogens is 383 g/mol. The molecule has 0 aliphatic rings. The van der Waals surface area contributed by atoms with Gasteiger partial charge in [0.25, 0.3) is 5.56 Å². The standard InChI is InChI=1S/C16H16F3N5O2S/c1-8-11(9(2)24-12(20-8)5-14(26)23-24)3-4-13(25)22-15-21-10(7-27-15)6-16(17,18)19/h5,7H,3-4,6H2,1-2H3,(H,23,26)(H,21,22,25). The molecule has 0 radical (unpaired) electrons. The number of carbonyl (C=O) groups is 1. The summed E-state index contributed by atoms with van der Waals surface area (Å²) in [6.45, 7) is 3.61. The van der Waals surface area contributed by atoms with E-state index in [4.69, 9.17) is 0 Å². The first kappa shape index (κ1) is 19.1. The SMILES string of the molecule is Cc1nc2cc(=O)[nH]n2c(C)c1CCC(=O)Nc1nc(CC(F)(F)F)cs1. The number of aryl methyl sites for hydroxylation is 2. The Labute approximate surface area is 155 Å². The van der Waals surface area contributed by atoms with Gasteiger partial charge in [-0.3, -0.25) is 14.7 Å². The van der Waals surface area contributed by atoms with Crippen molar-refractivity contribution in [2.75, 3.05) is 5.32 Å². The van der Waals surface area contributed by atoms with Crippen LogP contribution in [0.15, 0.2) is 16.2 Å². The number of H-pyrrole nitrogens is 1. The number of amides is 1. The molecule has 144 valence electrons. The van der Waals surface area contributed by atoms with Gasteiger partial charge in [0.1, 0.15) is 0 Å². The number of nitrogens with zero attached hydrogens (tertiary/aromatic N) is 3. The molecule has 3 aromatic heterocycles. The predicted molar refractivity (Wildman–Crippen MR) is 94.1 cm³/mol. The smallest absolute Gasteiger partial charge is 0.302 e. The van der Waals surface area contributed by atoms with Crippen LogP contribution in [0.1, 0.15) is 29.1 Å². The van der Waals surface area contributed by atoms with Gasteiger partial charge in [0.15, 0.2) is 10.8 Å². The van der Waals surface area contributed by atoms with Crippen LogP contribution in [-0.4, -0.2) is 31.7 Å².